The quantitative estimate of drug-likeness (QED) is 0.818. The van der Waals surface area contributed by atoms with E-state index >= 15 is 0 Å². The highest BCUT2D eigenvalue weighted by Crippen LogP contribution is 2.33. The zero-order chi connectivity index (χ0) is 15.2. The monoisotopic (exact) mass is 310 g/mol. The lowest BCUT2D eigenvalue weighted by Crippen LogP contribution is -2.31. The first-order valence-electron chi connectivity index (χ1n) is 5.84. The fourth-order valence-corrected chi connectivity index (χ4v) is 1.51. The Labute approximate surface area is 119 Å². The number of anilines is 1. The number of carbonyl (C=O) groups is 1. The minimum atomic E-state index is -4.49. The van der Waals surface area contributed by atoms with Gasteiger partial charge < -0.3 is 15.4 Å². The van der Waals surface area contributed by atoms with Crippen molar-refractivity contribution in [3.8, 4) is 0 Å². The molecule has 0 fully saturated rings. The van der Waals surface area contributed by atoms with Crippen molar-refractivity contribution in [1.29, 1.82) is 0 Å². The number of urea groups is 1. The second-order valence-corrected chi connectivity index (χ2v) is 4.18. The van der Waals surface area contributed by atoms with E-state index in [0.717, 1.165) is 18.2 Å². The Kier molecular flexibility index (Phi) is 6.09. The van der Waals surface area contributed by atoms with Crippen LogP contribution in [-0.4, -0.2) is 25.8 Å². The summed E-state index contributed by atoms with van der Waals surface area (Å²) in [6.45, 7) is 2.89. The topological polar surface area (TPSA) is 50.4 Å². The Balaban J connectivity index is 2.65. The van der Waals surface area contributed by atoms with Gasteiger partial charge in [0, 0.05) is 13.2 Å². The van der Waals surface area contributed by atoms with Gasteiger partial charge in [0.15, 0.2) is 0 Å². The molecule has 1 aromatic rings. The molecule has 0 saturated carbocycles. The van der Waals surface area contributed by atoms with Gasteiger partial charge >= 0.3 is 12.2 Å². The Hall–Kier alpha value is -1.47. The van der Waals surface area contributed by atoms with E-state index in [9.17, 15) is 18.0 Å². The maximum Gasteiger partial charge on any atom is 0.416 e. The standard InChI is InChI=1S/C12H14ClF3N2O2/c1-2-20-6-5-17-11(19)18-10-7-8(12(14,15)16)3-4-9(10)13/h3-4,7H,2,5-6H2,1H3,(H2,17,18,19). The van der Waals surface area contributed by atoms with E-state index in [-0.39, 0.29) is 17.3 Å². The molecule has 0 spiro atoms. The Morgan fingerprint density at radius 1 is 1.40 bits per heavy atom. The molecule has 0 aromatic heterocycles. The van der Waals surface area contributed by atoms with Gasteiger partial charge in [0.25, 0.3) is 0 Å². The number of alkyl halides is 3. The van der Waals surface area contributed by atoms with Crippen molar-refractivity contribution in [2.24, 2.45) is 0 Å². The summed E-state index contributed by atoms with van der Waals surface area (Å²) in [5.74, 6) is 0. The number of carbonyl (C=O) groups excluding carboxylic acids is 1. The molecule has 2 amide bonds. The van der Waals surface area contributed by atoms with E-state index < -0.39 is 17.8 Å². The van der Waals surface area contributed by atoms with E-state index in [1.54, 1.807) is 0 Å². The van der Waals surface area contributed by atoms with Crippen molar-refractivity contribution in [2.75, 3.05) is 25.1 Å². The zero-order valence-corrected chi connectivity index (χ0v) is 11.4. The fourth-order valence-electron chi connectivity index (χ4n) is 1.34. The number of benzene rings is 1. The van der Waals surface area contributed by atoms with Crippen LogP contribution in [0.5, 0.6) is 0 Å². The second-order valence-electron chi connectivity index (χ2n) is 3.77. The molecular formula is C12H14ClF3N2O2. The van der Waals surface area contributed by atoms with Crippen LogP contribution in [0.3, 0.4) is 0 Å². The molecule has 0 unspecified atom stereocenters. The first-order chi connectivity index (χ1) is 9.34. The summed E-state index contributed by atoms with van der Waals surface area (Å²) in [5.41, 5.74) is -0.984. The van der Waals surface area contributed by atoms with Crippen molar-refractivity contribution in [3.63, 3.8) is 0 Å². The molecule has 0 bridgehead atoms. The molecular weight excluding hydrogens is 297 g/mol. The van der Waals surface area contributed by atoms with Gasteiger partial charge in [0.05, 0.1) is 22.9 Å². The van der Waals surface area contributed by atoms with E-state index in [1.165, 1.54) is 0 Å². The van der Waals surface area contributed by atoms with Crippen molar-refractivity contribution >= 4 is 23.3 Å². The summed E-state index contributed by atoms with van der Waals surface area (Å²) >= 11 is 5.74. The summed E-state index contributed by atoms with van der Waals surface area (Å²) < 4.78 is 42.6. The molecule has 0 atom stereocenters. The average molecular weight is 311 g/mol. The summed E-state index contributed by atoms with van der Waals surface area (Å²) in [7, 11) is 0. The number of hydrogen-bond donors (Lipinski definition) is 2. The van der Waals surface area contributed by atoms with Crippen LogP contribution in [0.4, 0.5) is 23.7 Å². The number of halogens is 4. The molecule has 1 aromatic carbocycles. The fraction of sp³-hybridized carbons (Fsp3) is 0.417. The van der Waals surface area contributed by atoms with E-state index in [4.69, 9.17) is 16.3 Å². The number of hydrogen-bond acceptors (Lipinski definition) is 2. The molecule has 0 aliphatic rings. The predicted octanol–water partition coefficient (Wildman–Crippen LogP) is 3.52. The minimum Gasteiger partial charge on any atom is -0.380 e. The maximum absolute atomic E-state index is 12.5. The van der Waals surface area contributed by atoms with Crippen LogP contribution >= 0.6 is 11.6 Å². The van der Waals surface area contributed by atoms with E-state index in [2.05, 4.69) is 10.6 Å². The molecule has 4 nitrogen and oxygen atoms in total. The molecule has 0 radical (unpaired) electrons. The molecule has 0 heterocycles. The normalized spacial score (nSPS) is 11.2. The van der Waals surface area contributed by atoms with Crippen LogP contribution in [0, 0.1) is 0 Å². The lowest BCUT2D eigenvalue weighted by atomic mass is 10.2. The summed E-state index contributed by atoms with van der Waals surface area (Å²) in [6, 6.07) is 2.07. The lowest BCUT2D eigenvalue weighted by Gasteiger charge is -2.12. The Bertz CT molecular complexity index is 467. The molecule has 8 heteroatoms. The molecule has 2 N–H and O–H groups in total. The van der Waals surface area contributed by atoms with Crippen LogP contribution < -0.4 is 10.6 Å². The van der Waals surface area contributed by atoms with Crippen LogP contribution in [-0.2, 0) is 10.9 Å². The van der Waals surface area contributed by atoms with E-state index in [0.29, 0.717) is 13.2 Å². The van der Waals surface area contributed by atoms with Gasteiger partial charge in [-0.15, -0.1) is 0 Å². The van der Waals surface area contributed by atoms with Crippen LogP contribution in [0.2, 0.25) is 5.02 Å². The van der Waals surface area contributed by atoms with Crippen LogP contribution in [0.1, 0.15) is 12.5 Å². The van der Waals surface area contributed by atoms with Crippen LogP contribution in [0.25, 0.3) is 0 Å². The Morgan fingerprint density at radius 2 is 2.10 bits per heavy atom. The van der Waals surface area contributed by atoms with Gasteiger partial charge in [-0.2, -0.15) is 13.2 Å². The third-order valence-corrected chi connectivity index (χ3v) is 2.61. The molecule has 0 aliphatic heterocycles. The van der Waals surface area contributed by atoms with Gasteiger partial charge in [0.1, 0.15) is 0 Å². The van der Waals surface area contributed by atoms with Gasteiger partial charge in [-0.3, -0.25) is 0 Å². The third-order valence-electron chi connectivity index (χ3n) is 2.28. The highest BCUT2D eigenvalue weighted by atomic mass is 35.5. The predicted molar refractivity (Wildman–Crippen MR) is 70.0 cm³/mol. The number of ether oxygens (including phenoxy) is 1. The summed E-state index contributed by atoms with van der Waals surface area (Å²) in [5, 5.41) is 4.72. The second kappa shape index (κ2) is 7.35. The Morgan fingerprint density at radius 3 is 2.70 bits per heavy atom. The largest absolute Gasteiger partial charge is 0.416 e. The highest BCUT2D eigenvalue weighted by molar-refractivity contribution is 6.33. The van der Waals surface area contributed by atoms with Gasteiger partial charge in [-0.05, 0) is 25.1 Å². The first kappa shape index (κ1) is 16.6. The number of amides is 2. The van der Waals surface area contributed by atoms with Crippen LogP contribution in [0.15, 0.2) is 18.2 Å². The van der Waals surface area contributed by atoms with Gasteiger partial charge in [-0.25, -0.2) is 4.79 Å². The van der Waals surface area contributed by atoms with E-state index in [1.807, 2.05) is 6.92 Å². The average Bonchev–Trinajstić information content (AvgIpc) is 2.36. The number of rotatable bonds is 5. The summed E-state index contributed by atoms with van der Waals surface area (Å²) in [6.07, 6.45) is -4.49. The van der Waals surface area contributed by atoms with Crippen molar-refractivity contribution in [1.82, 2.24) is 5.32 Å². The van der Waals surface area contributed by atoms with Crippen molar-refractivity contribution in [3.05, 3.63) is 28.8 Å². The lowest BCUT2D eigenvalue weighted by molar-refractivity contribution is -0.137. The van der Waals surface area contributed by atoms with Gasteiger partial charge in [-0.1, -0.05) is 11.6 Å². The smallest absolute Gasteiger partial charge is 0.380 e. The molecule has 20 heavy (non-hydrogen) atoms. The molecule has 0 aliphatic carbocycles. The van der Waals surface area contributed by atoms with Crippen molar-refractivity contribution < 1.29 is 22.7 Å². The summed E-state index contributed by atoms with van der Waals surface area (Å²) in [4.78, 5) is 11.5. The SMILES string of the molecule is CCOCCNC(=O)Nc1cc(C(F)(F)F)ccc1Cl. The maximum atomic E-state index is 12.5. The molecule has 0 saturated heterocycles. The first-order valence-corrected chi connectivity index (χ1v) is 6.21. The minimum absolute atomic E-state index is 0.0259. The highest BCUT2D eigenvalue weighted by Gasteiger charge is 2.31. The zero-order valence-electron chi connectivity index (χ0n) is 10.7. The van der Waals surface area contributed by atoms with Crippen molar-refractivity contribution in [2.45, 2.75) is 13.1 Å². The molecule has 112 valence electrons. The van der Waals surface area contributed by atoms with Gasteiger partial charge in [0.2, 0.25) is 0 Å². The number of nitrogens with one attached hydrogen (secondary N) is 2. The third kappa shape index (κ3) is 5.26. The molecule has 1 rings (SSSR count).